The Labute approximate surface area is 176 Å². The maximum Gasteiger partial charge on any atom is 0.256 e. The number of rotatable bonds is 6. The minimum atomic E-state index is -0.175. The lowest BCUT2D eigenvalue weighted by Crippen LogP contribution is -2.13. The number of anilines is 1. The van der Waals surface area contributed by atoms with Crippen molar-refractivity contribution in [3.8, 4) is 0 Å². The second-order valence-electron chi connectivity index (χ2n) is 7.62. The van der Waals surface area contributed by atoms with Crippen LogP contribution < -0.4 is 5.32 Å². The van der Waals surface area contributed by atoms with Gasteiger partial charge in [-0.15, -0.1) is 0 Å². The number of amides is 1. The van der Waals surface area contributed by atoms with Crippen LogP contribution in [-0.4, -0.2) is 25.5 Å². The van der Waals surface area contributed by atoms with Gasteiger partial charge in [0, 0.05) is 23.5 Å². The van der Waals surface area contributed by atoms with Crippen LogP contribution >= 0.6 is 0 Å². The zero-order chi connectivity index (χ0) is 21.1. The lowest BCUT2D eigenvalue weighted by molar-refractivity contribution is 0.102. The zero-order valence-electron chi connectivity index (χ0n) is 17.5. The van der Waals surface area contributed by atoms with E-state index < -0.39 is 0 Å². The molecule has 0 fully saturated rings. The van der Waals surface area contributed by atoms with Gasteiger partial charge in [0.1, 0.15) is 0 Å². The van der Waals surface area contributed by atoms with Gasteiger partial charge in [0.05, 0.1) is 18.8 Å². The van der Waals surface area contributed by atoms with E-state index in [1.807, 2.05) is 65.8 Å². The molecular formula is C24H25N5O. The Kier molecular flexibility index (Phi) is 5.48. The summed E-state index contributed by atoms with van der Waals surface area (Å²) in [6.45, 7) is 7.37. The van der Waals surface area contributed by atoms with Crippen LogP contribution in [0.1, 0.15) is 38.4 Å². The monoisotopic (exact) mass is 399 g/mol. The number of hydrogen-bond acceptors (Lipinski definition) is 3. The molecule has 0 unspecified atom stereocenters. The topological polar surface area (TPSA) is 64.7 Å². The van der Waals surface area contributed by atoms with E-state index in [1.54, 1.807) is 0 Å². The van der Waals surface area contributed by atoms with E-state index in [9.17, 15) is 4.79 Å². The van der Waals surface area contributed by atoms with Gasteiger partial charge < -0.3 is 5.32 Å². The van der Waals surface area contributed by atoms with Crippen LogP contribution in [-0.2, 0) is 13.1 Å². The first-order chi connectivity index (χ1) is 14.5. The van der Waals surface area contributed by atoms with Crippen molar-refractivity contribution < 1.29 is 4.79 Å². The Morgan fingerprint density at radius 3 is 2.43 bits per heavy atom. The number of aromatic nitrogens is 4. The second kappa shape index (κ2) is 8.37. The predicted molar refractivity (Wildman–Crippen MR) is 118 cm³/mol. The Morgan fingerprint density at radius 2 is 1.70 bits per heavy atom. The minimum absolute atomic E-state index is 0.175. The molecule has 0 aliphatic rings. The van der Waals surface area contributed by atoms with Crippen molar-refractivity contribution in [1.29, 1.82) is 0 Å². The summed E-state index contributed by atoms with van der Waals surface area (Å²) in [6.07, 6.45) is 1.87. The zero-order valence-corrected chi connectivity index (χ0v) is 17.5. The lowest BCUT2D eigenvalue weighted by atomic mass is 10.1. The number of benzene rings is 2. The summed E-state index contributed by atoms with van der Waals surface area (Å²) < 4.78 is 3.76. The molecule has 4 rings (SSSR count). The van der Waals surface area contributed by atoms with E-state index in [-0.39, 0.29) is 5.91 Å². The highest BCUT2D eigenvalue weighted by molar-refractivity contribution is 6.03. The van der Waals surface area contributed by atoms with Crippen LogP contribution in [0.25, 0.3) is 0 Å². The smallest absolute Gasteiger partial charge is 0.256 e. The first-order valence-corrected chi connectivity index (χ1v) is 9.96. The van der Waals surface area contributed by atoms with Crippen LogP contribution in [0.2, 0.25) is 0 Å². The highest BCUT2D eigenvalue weighted by Crippen LogP contribution is 2.13. The number of carbonyl (C=O) groups is 1. The van der Waals surface area contributed by atoms with Gasteiger partial charge in [-0.1, -0.05) is 42.0 Å². The Hall–Kier alpha value is -3.67. The normalized spacial score (nSPS) is 10.9. The van der Waals surface area contributed by atoms with Gasteiger partial charge in [-0.25, -0.2) is 0 Å². The van der Waals surface area contributed by atoms with Crippen LogP contribution in [0.5, 0.6) is 0 Å². The first kappa shape index (κ1) is 19.6. The van der Waals surface area contributed by atoms with Crippen molar-refractivity contribution in [3.63, 3.8) is 0 Å². The van der Waals surface area contributed by atoms with Crippen molar-refractivity contribution in [3.05, 3.63) is 101 Å². The van der Waals surface area contributed by atoms with E-state index in [4.69, 9.17) is 0 Å². The molecule has 152 valence electrons. The summed E-state index contributed by atoms with van der Waals surface area (Å²) in [5.74, 6) is 0.363. The highest BCUT2D eigenvalue weighted by Gasteiger charge is 2.10. The van der Waals surface area contributed by atoms with Crippen LogP contribution in [0.3, 0.4) is 0 Å². The second-order valence-corrected chi connectivity index (χ2v) is 7.62. The predicted octanol–water partition coefficient (Wildman–Crippen LogP) is 4.35. The maximum atomic E-state index is 12.7. The summed E-state index contributed by atoms with van der Waals surface area (Å²) in [7, 11) is 0. The number of aryl methyl sites for hydroxylation is 3. The van der Waals surface area contributed by atoms with Gasteiger partial charge in [0.2, 0.25) is 0 Å². The molecule has 0 spiro atoms. The summed E-state index contributed by atoms with van der Waals surface area (Å²) in [6, 6.07) is 19.8. The molecule has 30 heavy (non-hydrogen) atoms. The van der Waals surface area contributed by atoms with E-state index in [1.165, 1.54) is 11.1 Å². The Morgan fingerprint density at radius 1 is 0.900 bits per heavy atom. The minimum Gasteiger partial charge on any atom is -0.305 e. The molecule has 1 N–H and O–H groups in total. The van der Waals surface area contributed by atoms with Crippen LogP contribution in [0, 0.1) is 20.8 Å². The largest absolute Gasteiger partial charge is 0.305 e. The molecule has 2 heterocycles. The fraction of sp³-hybridized carbons (Fsp3) is 0.208. The molecule has 0 saturated heterocycles. The Balaban J connectivity index is 1.42. The third kappa shape index (κ3) is 4.66. The summed E-state index contributed by atoms with van der Waals surface area (Å²) in [5, 5.41) is 11.8. The standard InChI is InChI=1S/C24H25N5O/c1-17-7-9-20(10-8-17)15-28-12-11-23(27-28)25-24(30)22-6-4-5-21(14-22)16-29-19(3)13-18(2)26-29/h4-14H,15-16H2,1-3H3,(H,25,27,30). The third-order valence-corrected chi connectivity index (χ3v) is 4.97. The van der Waals surface area contributed by atoms with E-state index in [0.29, 0.717) is 24.5 Å². The molecule has 6 heteroatoms. The molecule has 0 aliphatic heterocycles. The molecule has 6 nitrogen and oxygen atoms in total. The first-order valence-electron chi connectivity index (χ1n) is 9.96. The average molecular weight is 399 g/mol. The molecule has 2 aromatic carbocycles. The summed E-state index contributed by atoms with van der Waals surface area (Å²) in [5.41, 5.74) is 6.11. The van der Waals surface area contributed by atoms with Crippen molar-refractivity contribution in [2.75, 3.05) is 5.32 Å². The van der Waals surface area contributed by atoms with Gasteiger partial charge in [0.15, 0.2) is 5.82 Å². The van der Waals surface area contributed by atoms with E-state index >= 15 is 0 Å². The van der Waals surface area contributed by atoms with Gasteiger partial charge in [-0.05, 0) is 50.1 Å². The number of hydrogen-bond donors (Lipinski definition) is 1. The number of carbonyl (C=O) groups excluding carboxylic acids is 1. The molecule has 1 amide bonds. The fourth-order valence-electron chi connectivity index (χ4n) is 3.40. The molecule has 0 bridgehead atoms. The van der Waals surface area contributed by atoms with Gasteiger partial charge in [0.25, 0.3) is 5.91 Å². The summed E-state index contributed by atoms with van der Waals surface area (Å²) >= 11 is 0. The van der Waals surface area contributed by atoms with Crippen molar-refractivity contribution >= 4 is 11.7 Å². The van der Waals surface area contributed by atoms with E-state index in [0.717, 1.165) is 17.0 Å². The van der Waals surface area contributed by atoms with Gasteiger partial charge in [-0.2, -0.15) is 10.2 Å². The summed E-state index contributed by atoms with van der Waals surface area (Å²) in [4.78, 5) is 12.7. The van der Waals surface area contributed by atoms with Crippen molar-refractivity contribution in [1.82, 2.24) is 19.6 Å². The molecule has 4 aromatic rings. The maximum absolute atomic E-state index is 12.7. The van der Waals surface area contributed by atoms with Gasteiger partial charge >= 0.3 is 0 Å². The number of nitrogens with one attached hydrogen (secondary N) is 1. The quantitative estimate of drug-likeness (QED) is 0.524. The third-order valence-electron chi connectivity index (χ3n) is 4.97. The van der Waals surface area contributed by atoms with Crippen molar-refractivity contribution in [2.24, 2.45) is 0 Å². The molecule has 0 atom stereocenters. The highest BCUT2D eigenvalue weighted by atomic mass is 16.1. The van der Waals surface area contributed by atoms with Crippen LogP contribution in [0.4, 0.5) is 5.82 Å². The molecule has 0 aliphatic carbocycles. The molecule has 0 radical (unpaired) electrons. The van der Waals surface area contributed by atoms with Crippen LogP contribution in [0.15, 0.2) is 66.9 Å². The van der Waals surface area contributed by atoms with E-state index in [2.05, 4.69) is 46.7 Å². The molecule has 0 saturated carbocycles. The Bertz CT molecular complexity index is 1170. The molecular weight excluding hydrogens is 374 g/mol. The number of nitrogens with zero attached hydrogens (tertiary/aromatic N) is 4. The SMILES string of the molecule is Cc1ccc(Cn2ccc(NC(=O)c3cccc(Cn4nc(C)cc4C)c3)n2)cc1. The van der Waals surface area contributed by atoms with Crippen molar-refractivity contribution in [2.45, 2.75) is 33.9 Å². The average Bonchev–Trinajstić information content (AvgIpc) is 3.29. The fourth-order valence-corrected chi connectivity index (χ4v) is 3.40. The lowest BCUT2D eigenvalue weighted by Gasteiger charge is -2.07. The molecule has 2 aromatic heterocycles. The van der Waals surface area contributed by atoms with Gasteiger partial charge in [-0.3, -0.25) is 14.2 Å².